The summed E-state index contributed by atoms with van der Waals surface area (Å²) < 4.78 is 23.2. The van der Waals surface area contributed by atoms with Crippen LogP contribution in [0, 0.1) is 50.2 Å². The summed E-state index contributed by atoms with van der Waals surface area (Å²) in [6, 6.07) is 0. The molecule has 330 valence electrons. The fourth-order valence-corrected chi connectivity index (χ4v) is 13.8. The number of rotatable bonds is 6. The zero-order valence-corrected chi connectivity index (χ0v) is 34.6. The third-order valence-corrected chi connectivity index (χ3v) is 17.1. The SMILES string of the molecule is CC1(C)CC[C@]2(C(=O)O[C@@H]3O[C@H](CO)[C@@H](O)[C@H](O)[C@H]3O)[C@H](O)C[C@]3(C)C(=CC[C@@H]4[C@@]5(C)CC[C@H](O[C@@H]6O[C@H](C(=O)O)[C@@H](O)[C@H](O)[C@H]6O)C(C)(C)[C@@H]5[C@H](O)C[C@]43C)[C@@H]2C1. The maximum atomic E-state index is 14.6. The number of hydrogen-bond acceptors (Lipinski definition) is 15. The van der Waals surface area contributed by atoms with Gasteiger partial charge in [-0.15, -0.1) is 0 Å². The van der Waals surface area contributed by atoms with Crippen molar-refractivity contribution in [2.24, 2.45) is 50.2 Å². The molecule has 2 heterocycles. The molecule has 0 bridgehead atoms. The smallest absolute Gasteiger partial charge is 0.335 e. The summed E-state index contributed by atoms with van der Waals surface area (Å²) in [6.45, 7) is 14.1. The Morgan fingerprint density at radius 2 is 1.41 bits per heavy atom. The number of aliphatic carboxylic acids is 1. The minimum Gasteiger partial charge on any atom is -0.479 e. The lowest BCUT2D eigenvalue weighted by Gasteiger charge is -2.72. The predicted molar refractivity (Wildman–Crippen MR) is 201 cm³/mol. The molecular formula is C42H66O16. The molecule has 16 nitrogen and oxygen atoms in total. The second kappa shape index (κ2) is 14.7. The van der Waals surface area contributed by atoms with Crippen molar-refractivity contribution in [3.8, 4) is 0 Å². The van der Waals surface area contributed by atoms with Crippen molar-refractivity contribution in [1.82, 2.24) is 0 Å². The third kappa shape index (κ3) is 6.29. The van der Waals surface area contributed by atoms with Gasteiger partial charge in [-0.1, -0.05) is 60.1 Å². The maximum Gasteiger partial charge on any atom is 0.335 e. The first-order chi connectivity index (χ1) is 26.8. The molecule has 58 heavy (non-hydrogen) atoms. The lowest BCUT2D eigenvalue weighted by atomic mass is 9.33. The molecule has 16 heteroatoms. The van der Waals surface area contributed by atoms with Crippen LogP contribution in [-0.2, 0) is 28.5 Å². The number of allylic oxidation sites excluding steroid dienone is 2. The van der Waals surface area contributed by atoms with Crippen LogP contribution in [0.5, 0.6) is 0 Å². The highest BCUT2D eigenvalue weighted by Crippen LogP contribution is 2.76. The molecule has 0 unspecified atom stereocenters. The van der Waals surface area contributed by atoms with Gasteiger partial charge in [0.15, 0.2) is 12.4 Å². The number of aliphatic hydroxyl groups excluding tert-OH is 9. The van der Waals surface area contributed by atoms with Crippen LogP contribution >= 0.6 is 0 Å². The van der Waals surface area contributed by atoms with Crippen molar-refractivity contribution in [1.29, 1.82) is 0 Å². The number of aliphatic hydroxyl groups is 9. The van der Waals surface area contributed by atoms with Crippen molar-refractivity contribution in [2.75, 3.05) is 6.61 Å². The average molecular weight is 827 g/mol. The summed E-state index contributed by atoms with van der Waals surface area (Å²) >= 11 is 0. The topological polar surface area (TPSA) is 273 Å². The van der Waals surface area contributed by atoms with E-state index in [1.807, 2.05) is 13.8 Å². The summed E-state index contributed by atoms with van der Waals surface area (Å²) in [5.41, 5.74) is -3.08. The number of carboxylic acids is 1. The lowest BCUT2D eigenvalue weighted by molar-refractivity contribution is -0.329. The first kappa shape index (κ1) is 44.3. The number of carbonyl (C=O) groups is 2. The van der Waals surface area contributed by atoms with Crippen LogP contribution in [0.3, 0.4) is 0 Å². The van der Waals surface area contributed by atoms with Crippen molar-refractivity contribution < 1.29 is 79.6 Å². The van der Waals surface area contributed by atoms with Gasteiger partial charge in [0.2, 0.25) is 6.29 Å². The van der Waals surface area contributed by atoms with Crippen LogP contribution in [0.25, 0.3) is 0 Å². The Kier molecular flexibility index (Phi) is 11.2. The van der Waals surface area contributed by atoms with Gasteiger partial charge < -0.3 is 70.0 Å². The third-order valence-electron chi connectivity index (χ3n) is 17.1. The molecule has 0 aromatic rings. The highest BCUT2D eigenvalue weighted by molar-refractivity contribution is 5.80. The van der Waals surface area contributed by atoms with Crippen LogP contribution in [0.15, 0.2) is 11.6 Å². The van der Waals surface area contributed by atoms with E-state index in [1.165, 1.54) is 0 Å². The molecule has 20 atom stereocenters. The number of carboxylic acid groups (broad SMARTS) is 1. The van der Waals surface area contributed by atoms with Crippen molar-refractivity contribution in [3.05, 3.63) is 11.6 Å². The van der Waals surface area contributed by atoms with E-state index in [4.69, 9.17) is 18.9 Å². The Balaban J connectivity index is 1.20. The first-order valence-electron chi connectivity index (χ1n) is 21.0. The van der Waals surface area contributed by atoms with Gasteiger partial charge in [-0.05, 0) is 96.2 Å². The summed E-state index contributed by atoms with van der Waals surface area (Å²) in [6.07, 6.45) is -13.6. The largest absolute Gasteiger partial charge is 0.479 e. The van der Waals surface area contributed by atoms with Crippen LogP contribution in [0.4, 0.5) is 0 Å². The molecule has 0 amide bonds. The van der Waals surface area contributed by atoms with Crippen molar-refractivity contribution in [2.45, 2.75) is 180 Å². The van der Waals surface area contributed by atoms with Gasteiger partial charge in [-0.3, -0.25) is 4.79 Å². The molecule has 2 saturated heterocycles. The first-order valence-corrected chi connectivity index (χ1v) is 21.0. The Labute approximate surface area is 339 Å². The van der Waals surface area contributed by atoms with E-state index >= 15 is 0 Å². The molecule has 0 aromatic carbocycles. The number of esters is 1. The zero-order chi connectivity index (χ0) is 42.9. The molecule has 6 fully saturated rings. The number of fused-ring (bicyclic) bond motifs is 7. The van der Waals surface area contributed by atoms with Crippen molar-refractivity contribution in [3.63, 3.8) is 0 Å². The Bertz CT molecular complexity index is 1630. The van der Waals surface area contributed by atoms with E-state index in [0.717, 1.165) is 5.57 Å². The average Bonchev–Trinajstić information content (AvgIpc) is 3.12. The molecule has 0 aromatic heterocycles. The van der Waals surface area contributed by atoms with Gasteiger partial charge in [-0.2, -0.15) is 0 Å². The number of hydrogen-bond donors (Lipinski definition) is 10. The summed E-state index contributed by atoms with van der Waals surface area (Å²) in [4.78, 5) is 26.4. The van der Waals surface area contributed by atoms with E-state index in [-0.39, 0.29) is 30.1 Å². The second-order valence-electron chi connectivity index (χ2n) is 21.0. The zero-order valence-electron chi connectivity index (χ0n) is 34.6. The van der Waals surface area contributed by atoms with E-state index in [1.54, 1.807) is 0 Å². The highest BCUT2D eigenvalue weighted by atomic mass is 16.7. The van der Waals surface area contributed by atoms with Gasteiger partial charge >= 0.3 is 11.9 Å². The van der Waals surface area contributed by atoms with Gasteiger partial charge in [0.25, 0.3) is 0 Å². The highest BCUT2D eigenvalue weighted by Gasteiger charge is 2.73. The molecule has 5 aliphatic carbocycles. The second-order valence-corrected chi connectivity index (χ2v) is 21.0. The molecular weight excluding hydrogens is 760 g/mol. The van der Waals surface area contributed by atoms with E-state index in [0.29, 0.717) is 38.5 Å². The predicted octanol–water partition coefficient (Wildman–Crippen LogP) is 0.350. The number of ether oxygens (including phenoxy) is 4. The Morgan fingerprint density at radius 3 is 2.05 bits per heavy atom. The molecule has 0 radical (unpaired) electrons. The molecule has 10 N–H and O–H groups in total. The van der Waals surface area contributed by atoms with E-state index in [2.05, 4.69) is 40.7 Å². The molecule has 7 aliphatic rings. The monoisotopic (exact) mass is 826 g/mol. The van der Waals surface area contributed by atoms with Crippen LogP contribution in [0.1, 0.15) is 99.8 Å². The van der Waals surface area contributed by atoms with E-state index < -0.39 is 131 Å². The minimum absolute atomic E-state index is 0.00428. The van der Waals surface area contributed by atoms with Gasteiger partial charge in [-0.25, -0.2) is 4.79 Å². The fraction of sp³-hybridized carbons (Fsp3) is 0.905. The quantitative estimate of drug-likeness (QED) is 0.0983. The van der Waals surface area contributed by atoms with Gasteiger partial charge in [0.05, 0.1) is 24.9 Å². The summed E-state index contributed by atoms with van der Waals surface area (Å²) in [5.74, 6) is -3.09. The number of carbonyl (C=O) groups excluding carboxylic acids is 1. The summed E-state index contributed by atoms with van der Waals surface area (Å²) in [7, 11) is 0. The molecule has 2 aliphatic heterocycles. The Morgan fingerprint density at radius 1 is 0.776 bits per heavy atom. The van der Waals surface area contributed by atoms with Crippen LogP contribution in [0.2, 0.25) is 0 Å². The maximum absolute atomic E-state index is 14.6. The summed E-state index contributed by atoms with van der Waals surface area (Å²) in [5, 5.41) is 107. The normalized spacial score (nSPS) is 53.5. The van der Waals surface area contributed by atoms with Gasteiger partial charge in [0.1, 0.15) is 48.1 Å². The minimum atomic E-state index is -1.85. The fourth-order valence-electron chi connectivity index (χ4n) is 13.8. The standard InChI is InChI=1S/C42H66O16/c1-37(2)12-13-42(36(54)58-34-29(50)26(47)25(46)21(17-43)55-34)19(14-37)18-8-9-22-39(5)11-10-24(56-35-30(51)27(48)28(49)31(57-35)33(52)53)38(3,4)32(39)20(44)15-41(22,7)40(18,6)16-23(42)45/h8,19-32,34-35,43-51H,9-17H2,1-7H3,(H,52,53)/t19-,20+,21+,22+,23+,24-,25+,26-,27-,28-,29+,30+,31-,32-,34-,35+,39+,40+,41+,42+/m0/s1. The van der Waals surface area contributed by atoms with Gasteiger partial charge in [0, 0.05) is 0 Å². The Hall–Kier alpha value is -1.80. The molecule has 0 spiro atoms. The van der Waals surface area contributed by atoms with Crippen molar-refractivity contribution >= 4 is 11.9 Å². The van der Waals surface area contributed by atoms with E-state index in [9.17, 15) is 60.7 Å². The van der Waals surface area contributed by atoms with Crippen LogP contribution < -0.4 is 0 Å². The molecule has 4 saturated carbocycles. The molecule has 7 rings (SSSR count). The lowest BCUT2D eigenvalue weighted by Crippen LogP contribution is -2.70. The van der Waals surface area contributed by atoms with Crippen LogP contribution in [-0.4, -0.2) is 149 Å².